The maximum absolute atomic E-state index is 4.11. The van der Waals surface area contributed by atoms with Gasteiger partial charge in [-0.25, -0.2) is 4.98 Å². The Morgan fingerprint density at radius 2 is 2.54 bits per heavy atom. The molecule has 1 N–H and O–H groups in total. The lowest BCUT2D eigenvalue weighted by molar-refractivity contribution is 0.525. The van der Waals surface area contributed by atoms with Crippen molar-refractivity contribution in [2.75, 3.05) is 0 Å². The van der Waals surface area contributed by atoms with E-state index in [2.05, 4.69) is 28.9 Å². The van der Waals surface area contributed by atoms with Gasteiger partial charge in [0, 0.05) is 13.1 Å². The van der Waals surface area contributed by atoms with Crippen LogP contribution in [0.1, 0.15) is 19.2 Å². The van der Waals surface area contributed by atoms with Gasteiger partial charge >= 0.3 is 0 Å². The van der Waals surface area contributed by atoms with Gasteiger partial charge in [0.15, 0.2) is 0 Å². The molecule has 4 heteroatoms. The lowest BCUT2D eigenvalue weighted by Crippen LogP contribution is -2.26. The molecule has 0 aliphatic carbocycles. The van der Waals surface area contributed by atoms with Crippen LogP contribution >= 0.6 is 0 Å². The van der Waals surface area contributed by atoms with Gasteiger partial charge in [-0.05, 0) is 13.3 Å². The van der Waals surface area contributed by atoms with E-state index in [9.17, 15) is 0 Å². The van der Waals surface area contributed by atoms with Crippen LogP contribution in [-0.2, 0) is 13.6 Å². The van der Waals surface area contributed by atoms with Crippen molar-refractivity contribution in [3.8, 4) is 0 Å². The topological polar surface area (TPSA) is 42.7 Å². The molecular formula is C9H16N4. The molecule has 0 radical (unpaired) electrons. The molecule has 1 aromatic rings. The van der Waals surface area contributed by atoms with Crippen molar-refractivity contribution in [1.29, 1.82) is 0 Å². The average molecular weight is 180 g/mol. The second kappa shape index (κ2) is 4.77. The van der Waals surface area contributed by atoms with E-state index in [1.54, 1.807) is 11.0 Å². The van der Waals surface area contributed by atoms with Crippen LogP contribution in [0, 0.1) is 0 Å². The first-order chi connectivity index (χ1) is 6.24. The van der Waals surface area contributed by atoms with Gasteiger partial charge in [0.1, 0.15) is 12.2 Å². The number of aryl methyl sites for hydroxylation is 1. The summed E-state index contributed by atoms with van der Waals surface area (Å²) >= 11 is 0. The van der Waals surface area contributed by atoms with Crippen molar-refractivity contribution in [3.05, 3.63) is 24.8 Å². The van der Waals surface area contributed by atoms with Gasteiger partial charge in [0.05, 0.1) is 6.54 Å². The van der Waals surface area contributed by atoms with Gasteiger partial charge in [-0.3, -0.25) is 4.68 Å². The first-order valence-electron chi connectivity index (χ1n) is 4.41. The maximum atomic E-state index is 4.11. The highest BCUT2D eigenvalue weighted by atomic mass is 15.3. The fourth-order valence-electron chi connectivity index (χ4n) is 1.08. The molecule has 0 aliphatic rings. The molecule has 0 amide bonds. The fraction of sp³-hybridized carbons (Fsp3) is 0.556. The van der Waals surface area contributed by atoms with Crippen LogP contribution < -0.4 is 5.32 Å². The van der Waals surface area contributed by atoms with Crippen molar-refractivity contribution in [1.82, 2.24) is 20.1 Å². The summed E-state index contributed by atoms with van der Waals surface area (Å²) < 4.78 is 1.77. The van der Waals surface area contributed by atoms with E-state index in [-0.39, 0.29) is 0 Å². The minimum absolute atomic E-state index is 0.439. The van der Waals surface area contributed by atoms with Crippen LogP contribution in [0.4, 0.5) is 0 Å². The zero-order chi connectivity index (χ0) is 9.68. The Balaban J connectivity index is 2.34. The highest BCUT2D eigenvalue weighted by molar-refractivity contribution is 4.84. The SMILES string of the molecule is C=CCC(C)NCc1ncnn1C. The van der Waals surface area contributed by atoms with E-state index in [0.29, 0.717) is 6.04 Å². The minimum atomic E-state index is 0.439. The third-order valence-corrected chi connectivity index (χ3v) is 1.93. The zero-order valence-corrected chi connectivity index (χ0v) is 8.20. The summed E-state index contributed by atoms with van der Waals surface area (Å²) in [6.07, 6.45) is 4.45. The molecule has 1 aromatic heterocycles. The summed E-state index contributed by atoms with van der Waals surface area (Å²) in [5, 5.41) is 7.32. The van der Waals surface area contributed by atoms with Crippen LogP contribution in [0.15, 0.2) is 19.0 Å². The molecule has 0 aliphatic heterocycles. The third kappa shape index (κ3) is 2.99. The van der Waals surface area contributed by atoms with Crippen LogP contribution in [-0.4, -0.2) is 20.8 Å². The standard InChI is InChI=1S/C9H16N4/c1-4-5-8(2)10-6-9-11-7-12-13(9)3/h4,7-8,10H,1,5-6H2,2-3H3. The Bertz CT molecular complexity index is 266. The molecule has 0 aromatic carbocycles. The van der Waals surface area contributed by atoms with Crippen LogP contribution in [0.3, 0.4) is 0 Å². The Hall–Kier alpha value is -1.16. The van der Waals surface area contributed by atoms with E-state index in [1.807, 2.05) is 13.1 Å². The largest absolute Gasteiger partial charge is 0.307 e. The number of hydrogen-bond donors (Lipinski definition) is 1. The van der Waals surface area contributed by atoms with Crippen molar-refractivity contribution < 1.29 is 0 Å². The van der Waals surface area contributed by atoms with Crippen molar-refractivity contribution in [2.45, 2.75) is 25.9 Å². The minimum Gasteiger partial charge on any atom is -0.307 e. The second-order valence-corrected chi connectivity index (χ2v) is 3.11. The summed E-state index contributed by atoms with van der Waals surface area (Å²) in [6, 6.07) is 0.439. The first-order valence-corrected chi connectivity index (χ1v) is 4.41. The van der Waals surface area contributed by atoms with Crippen molar-refractivity contribution in [3.63, 3.8) is 0 Å². The zero-order valence-electron chi connectivity index (χ0n) is 8.20. The number of nitrogens with one attached hydrogen (secondary N) is 1. The molecule has 0 spiro atoms. The molecule has 13 heavy (non-hydrogen) atoms. The fourth-order valence-corrected chi connectivity index (χ4v) is 1.08. The molecule has 0 fully saturated rings. The number of nitrogens with zero attached hydrogens (tertiary/aromatic N) is 3. The predicted octanol–water partition coefficient (Wildman–Crippen LogP) is 0.869. The van der Waals surface area contributed by atoms with Crippen LogP contribution in [0.2, 0.25) is 0 Å². The van der Waals surface area contributed by atoms with Crippen molar-refractivity contribution >= 4 is 0 Å². The molecule has 72 valence electrons. The van der Waals surface area contributed by atoms with Crippen LogP contribution in [0.25, 0.3) is 0 Å². The van der Waals surface area contributed by atoms with Gasteiger partial charge in [-0.15, -0.1) is 6.58 Å². The molecule has 4 nitrogen and oxygen atoms in total. The summed E-state index contributed by atoms with van der Waals surface area (Å²) in [5.41, 5.74) is 0. The van der Waals surface area contributed by atoms with E-state index < -0.39 is 0 Å². The van der Waals surface area contributed by atoms with Gasteiger partial charge in [0.25, 0.3) is 0 Å². The van der Waals surface area contributed by atoms with Crippen molar-refractivity contribution in [2.24, 2.45) is 7.05 Å². The summed E-state index contributed by atoms with van der Waals surface area (Å²) in [5.74, 6) is 0.955. The van der Waals surface area contributed by atoms with Gasteiger partial charge in [0.2, 0.25) is 0 Å². The number of hydrogen-bond acceptors (Lipinski definition) is 3. The molecule has 1 heterocycles. The number of aromatic nitrogens is 3. The lowest BCUT2D eigenvalue weighted by atomic mass is 10.2. The highest BCUT2D eigenvalue weighted by Crippen LogP contribution is 1.94. The van der Waals surface area contributed by atoms with E-state index in [4.69, 9.17) is 0 Å². The third-order valence-electron chi connectivity index (χ3n) is 1.93. The molecular weight excluding hydrogens is 164 g/mol. The highest BCUT2D eigenvalue weighted by Gasteiger charge is 2.02. The molecule has 0 bridgehead atoms. The summed E-state index contributed by atoms with van der Waals surface area (Å²) in [6.45, 7) is 6.57. The summed E-state index contributed by atoms with van der Waals surface area (Å²) in [4.78, 5) is 4.11. The van der Waals surface area contributed by atoms with Gasteiger partial charge < -0.3 is 5.32 Å². The van der Waals surface area contributed by atoms with Gasteiger partial charge in [-0.2, -0.15) is 5.10 Å². The average Bonchev–Trinajstić information content (AvgIpc) is 2.48. The molecule has 0 saturated carbocycles. The quantitative estimate of drug-likeness (QED) is 0.684. The normalized spacial score (nSPS) is 12.8. The Labute approximate surface area is 78.7 Å². The first kappa shape index (κ1) is 9.92. The smallest absolute Gasteiger partial charge is 0.140 e. The lowest BCUT2D eigenvalue weighted by Gasteiger charge is -2.10. The summed E-state index contributed by atoms with van der Waals surface area (Å²) in [7, 11) is 1.89. The van der Waals surface area contributed by atoms with E-state index in [0.717, 1.165) is 18.8 Å². The van der Waals surface area contributed by atoms with Gasteiger partial charge in [-0.1, -0.05) is 6.08 Å². The second-order valence-electron chi connectivity index (χ2n) is 3.11. The molecule has 1 rings (SSSR count). The Kier molecular flexibility index (Phi) is 3.64. The van der Waals surface area contributed by atoms with Crippen LogP contribution in [0.5, 0.6) is 0 Å². The Morgan fingerprint density at radius 3 is 3.08 bits per heavy atom. The molecule has 1 atom stereocenters. The predicted molar refractivity (Wildman–Crippen MR) is 52.1 cm³/mol. The van der Waals surface area contributed by atoms with E-state index in [1.165, 1.54) is 0 Å². The monoisotopic (exact) mass is 180 g/mol. The van der Waals surface area contributed by atoms with E-state index >= 15 is 0 Å². The molecule has 0 saturated heterocycles. The molecule has 1 unspecified atom stereocenters. The maximum Gasteiger partial charge on any atom is 0.140 e. The number of rotatable bonds is 5. The Morgan fingerprint density at radius 1 is 1.77 bits per heavy atom.